The van der Waals surface area contributed by atoms with Gasteiger partial charge in [0.1, 0.15) is 0 Å². The molecule has 2 heteroatoms. The first kappa shape index (κ1) is 6.74. The lowest BCUT2D eigenvalue weighted by Crippen LogP contribution is -1.78. The molecule has 0 aliphatic carbocycles. The Morgan fingerprint density at radius 1 is 1.71 bits per heavy atom. The van der Waals surface area contributed by atoms with Crippen LogP contribution in [0.2, 0.25) is 0 Å². The SMILES string of the molecule is C=C=NCCCCl. The van der Waals surface area contributed by atoms with Gasteiger partial charge in [0, 0.05) is 12.4 Å². The van der Waals surface area contributed by atoms with Crippen LogP contribution in [-0.4, -0.2) is 18.3 Å². The molecule has 0 unspecified atom stereocenters. The van der Waals surface area contributed by atoms with Gasteiger partial charge in [0.05, 0.1) is 0 Å². The van der Waals surface area contributed by atoms with Gasteiger partial charge in [-0.1, -0.05) is 0 Å². The Balaban J connectivity index is 2.83. The topological polar surface area (TPSA) is 12.4 Å². The first-order valence-corrected chi connectivity index (χ1v) is 2.70. The van der Waals surface area contributed by atoms with Gasteiger partial charge in [-0.05, 0) is 18.9 Å². The van der Waals surface area contributed by atoms with E-state index in [1.165, 1.54) is 0 Å². The van der Waals surface area contributed by atoms with Crippen LogP contribution < -0.4 is 0 Å². The van der Waals surface area contributed by atoms with E-state index in [0.717, 1.165) is 13.0 Å². The highest BCUT2D eigenvalue weighted by atomic mass is 35.5. The summed E-state index contributed by atoms with van der Waals surface area (Å²) >= 11 is 5.33. The average molecular weight is 118 g/mol. The zero-order valence-corrected chi connectivity index (χ0v) is 4.91. The van der Waals surface area contributed by atoms with Crippen LogP contribution in [0.4, 0.5) is 0 Å². The van der Waals surface area contributed by atoms with E-state index in [0.29, 0.717) is 5.88 Å². The number of hydrogen-bond donors (Lipinski definition) is 0. The van der Waals surface area contributed by atoms with E-state index in [2.05, 4.69) is 17.4 Å². The Morgan fingerprint density at radius 2 is 2.43 bits per heavy atom. The summed E-state index contributed by atoms with van der Waals surface area (Å²) < 4.78 is 0. The Morgan fingerprint density at radius 3 is 2.86 bits per heavy atom. The molecule has 0 aromatic carbocycles. The van der Waals surface area contributed by atoms with Gasteiger partial charge in [-0.2, -0.15) is 0 Å². The molecule has 0 aromatic rings. The largest absolute Gasteiger partial charge is 0.244 e. The summed E-state index contributed by atoms with van der Waals surface area (Å²) in [4.78, 5) is 3.72. The lowest BCUT2D eigenvalue weighted by Gasteiger charge is -1.80. The first-order chi connectivity index (χ1) is 3.41. The number of hydrogen-bond acceptors (Lipinski definition) is 1. The van der Waals surface area contributed by atoms with Crippen LogP contribution in [0.3, 0.4) is 0 Å². The monoisotopic (exact) mass is 117 g/mol. The van der Waals surface area contributed by atoms with Crippen LogP contribution in [0.1, 0.15) is 6.42 Å². The Bertz CT molecular complexity index is 74.1. The second kappa shape index (κ2) is 5.74. The van der Waals surface area contributed by atoms with Crippen molar-refractivity contribution in [1.82, 2.24) is 0 Å². The smallest absolute Gasteiger partial charge is 0.0495 e. The van der Waals surface area contributed by atoms with Gasteiger partial charge >= 0.3 is 0 Å². The summed E-state index contributed by atoms with van der Waals surface area (Å²) in [5.41, 5.74) is 0. The maximum Gasteiger partial charge on any atom is 0.0495 e. The first-order valence-electron chi connectivity index (χ1n) is 2.16. The van der Waals surface area contributed by atoms with Crippen LogP contribution in [0.15, 0.2) is 11.6 Å². The molecule has 0 saturated carbocycles. The van der Waals surface area contributed by atoms with Crippen molar-refractivity contribution in [3.05, 3.63) is 6.58 Å². The van der Waals surface area contributed by atoms with E-state index in [9.17, 15) is 0 Å². The number of alkyl halides is 1. The fourth-order valence-corrected chi connectivity index (χ4v) is 0.337. The van der Waals surface area contributed by atoms with E-state index in [4.69, 9.17) is 11.6 Å². The molecule has 0 bridgehead atoms. The molecule has 0 atom stereocenters. The van der Waals surface area contributed by atoms with Gasteiger partial charge in [-0.25, -0.2) is 4.99 Å². The quantitative estimate of drug-likeness (QED) is 0.302. The third kappa shape index (κ3) is 5.74. The van der Waals surface area contributed by atoms with Crippen LogP contribution in [0.25, 0.3) is 0 Å². The summed E-state index contributed by atoms with van der Waals surface area (Å²) in [6.07, 6.45) is 0.921. The fraction of sp³-hybridized carbons (Fsp3) is 0.600. The molecule has 0 fully saturated rings. The van der Waals surface area contributed by atoms with Gasteiger partial charge in [0.25, 0.3) is 0 Å². The van der Waals surface area contributed by atoms with Gasteiger partial charge < -0.3 is 0 Å². The third-order valence-corrected chi connectivity index (χ3v) is 0.783. The molecule has 0 spiro atoms. The van der Waals surface area contributed by atoms with Gasteiger partial charge in [-0.15, -0.1) is 11.6 Å². The highest BCUT2D eigenvalue weighted by Gasteiger charge is 1.75. The number of aliphatic imine (C=N–C) groups is 1. The van der Waals surface area contributed by atoms with Crippen molar-refractivity contribution in [1.29, 1.82) is 0 Å². The second-order valence-corrected chi connectivity index (χ2v) is 1.46. The fourth-order valence-electron chi connectivity index (χ4n) is 0.218. The van der Waals surface area contributed by atoms with E-state index in [1.54, 1.807) is 0 Å². The summed E-state index contributed by atoms with van der Waals surface area (Å²) in [6.45, 7) is 4.05. The Labute approximate surface area is 48.7 Å². The maximum absolute atomic E-state index is 5.33. The van der Waals surface area contributed by atoms with E-state index < -0.39 is 0 Å². The zero-order chi connectivity index (χ0) is 5.54. The van der Waals surface area contributed by atoms with Gasteiger partial charge in [0.2, 0.25) is 0 Å². The molecule has 0 N–H and O–H groups in total. The van der Waals surface area contributed by atoms with Crippen molar-refractivity contribution in [2.24, 2.45) is 4.99 Å². The molecule has 1 nitrogen and oxygen atoms in total. The van der Waals surface area contributed by atoms with Crippen molar-refractivity contribution < 1.29 is 0 Å². The molecule has 40 valence electrons. The van der Waals surface area contributed by atoms with E-state index in [1.807, 2.05) is 0 Å². The van der Waals surface area contributed by atoms with Crippen molar-refractivity contribution >= 4 is 17.5 Å². The molecule has 0 aliphatic rings. The van der Waals surface area contributed by atoms with Crippen LogP contribution in [-0.2, 0) is 0 Å². The number of halogens is 1. The van der Waals surface area contributed by atoms with Crippen LogP contribution in [0.5, 0.6) is 0 Å². The molecule has 0 aliphatic heterocycles. The minimum atomic E-state index is 0.672. The third-order valence-electron chi connectivity index (χ3n) is 0.515. The molecule has 0 saturated heterocycles. The maximum atomic E-state index is 5.33. The molecule has 7 heavy (non-hydrogen) atoms. The minimum Gasteiger partial charge on any atom is -0.244 e. The Kier molecular flexibility index (Phi) is 5.53. The van der Waals surface area contributed by atoms with Crippen molar-refractivity contribution in [2.75, 3.05) is 12.4 Å². The van der Waals surface area contributed by atoms with E-state index >= 15 is 0 Å². The molecular weight excluding hydrogens is 110 g/mol. The van der Waals surface area contributed by atoms with Gasteiger partial charge in [-0.3, -0.25) is 0 Å². The molecule has 0 aromatic heterocycles. The predicted octanol–water partition coefficient (Wildman–Crippen LogP) is 1.47. The normalized spacial score (nSPS) is 7.57. The molecule has 0 rings (SSSR count). The summed E-state index contributed by atoms with van der Waals surface area (Å²) in [5.74, 6) is 3.09. The van der Waals surface area contributed by atoms with Crippen molar-refractivity contribution in [2.45, 2.75) is 6.42 Å². The highest BCUT2D eigenvalue weighted by molar-refractivity contribution is 6.17. The standard InChI is InChI=1S/C5H8ClN/c1-2-7-5-3-4-6/h1,3-5H2. The predicted molar refractivity (Wildman–Crippen MR) is 33.3 cm³/mol. The van der Waals surface area contributed by atoms with E-state index in [-0.39, 0.29) is 0 Å². The second-order valence-electron chi connectivity index (χ2n) is 1.08. The van der Waals surface area contributed by atoms with Crippen molar-refractivity contribution in [3.8, 4) is 0 Å². The van der Waals surface area contributed by atoms with Crippen LogP contribution >= 0.6 is 11.6 Å². The lowest BCUT2D eigenvalue weighted by molar-refractivity contribution is 0.946. The number of rotatable bonds is 3. The lowest BCUT2D eigenvalue weighted by atomic mass is 10.5. The molecule has 0 radical (unpaired) electrons. The zero-order valence-electron chi connectivity index (χ0n) is 4.15. The highest BCUT2D eigenvalue weighted by Crippen LogP contribution is 1.82. The number of nitrogens with zero attached hydrogens (tertiary/aromatic N) is 1. The van der Waals surface area contributed by atoms with Gasteiger partial charge in [0.15, 0.2) is 0 Å². The summed E-state index contributed by atoms with van der Waals surface area (Å²) in [7, 11) is 0. The average Bonchev–Trinajstić information content (AvgIpc) is 1.69. The molecular formula is C5H8ClN. The van der Waals surface area contributed by atoms with Crippen molar-refractivity contribution in [3.63, 3.8) is 0 Å². The Hall–Kier alpha value is -0.260. The van der Waals surface area contributed by atoms with Crippen LogP contribution in [0, 0.1) is 0 Å². The molecule has 0 amide bonds. The minimum absolute atomic E-state index is 0.672. The molecule has 0 heterocycles. The summed E-state index contributed by atoms with van der Waals surface area (Å²) in [5, 5.41) is 0. The summed E-state index contributed by atoms with van der Waals surface area (Å²) in [6, 6.07) is 0.